The van der Waals surface area contributed by atoms with Crippen LogP contribution in [0.2, 0.25) is 0 Å². The van der Waals surface area contributed by atoms with Crippen LogP contribution in [0.1, 0.15) is 49.3 Å². The van der Waals surface area contributed by atoms with E-state index in [4.69, 9.17) is 0 Å². The van der Waals surface area contributed by atoms with Gasteiger partial charge in [-0.15, -0.1) is 0 Å². The predicted octanol–water partition coefficient (Wildman–Crippen LogP) is 4.06. The number of carbonyl (C=O) groups is 2. The van der Waals surface area contributed by atoms with Crippen LogP contribution in [0.3, 0.4) is 0 Å². The Balaban J connectivity index is 1.41. The Morgan fingerprint density at radius 1 is 0.939 bits per heavy atom. The molecule has 0 radical (unpaired) electrons. The molecule has 2 aliphatic rings. The van der Waals surface area contributed by atoms with Crippen LogP contribution in [0.4, 0.5) is 0 Å². The van der Waals surface area contributed by atoms with E-state index in [2.05, 4.69) is 54.7 Å². The molecule has 1 N–H and O–H groups in total. The van der Waals surface area contributed by atoms with Crippen molar-refractivity contribution in [1.82, 2.24) is 10.2 Å². The fourth-order valence-corrected chi connectivity index (χ4v) is 4.86. The van der Waals surface area contributed by atoms with E-state index in [1.54, 1.807) is 0 Å². The molecule has 1 saturated heterocycles. The number of hydrogen-bond donors (Lipinski definition) is 1. The average molecular weight is 444 g/mol. The van der Waals surface area contributed by atoms with E-state index in [1.165, 1.54) is 11.1 Å². The Morgan fingerprint density at radius 2 is 1.58 bits per heavy atom. The lowest BCUT2D eigenvalue weighted by Crippen LogP contribution is -2.52. The second kappa shape index (κ2) is 9.79. The second-order valence-electron chi connectivity index (χ2n) is 9.60. The molecule has 172 valence electrons. The topological polar surface area (TPSA) is 73.2 Å². The number of nitrogens with zero attached hydrogens (tertiary/aromatic N) is 2. The fraction of sp³-hybridized carbons (Fsp3) is 0.464. The van der Waals surface area contributed by atoms with Gasteiger partial charge in [0.1, 0.15) is 5.41 Å². The lowest BCUT2D eigenvalue weighted by atomic mass is 9.72. The van der Waals surface area contributed by atoms with Crippen molar-refractivity contribution in [3.05, 3.63) is 71.3 Å². The lowest BCUT2D eigenvalue weighted by molar-refractivity contribution is -0.142. The number of aryl methyl sites for hydroxylation is 1. The highest BCUT2D eigenvalue weighted by atomic mass is 16.2. The van der Waals surface area contributed by atoms with E-state index < -0.39 is 10.8 Å². The van der Waals surface area contributed by atoms with Gasteiger partial charge in [-0.3, -0.25) is 9.59 Å². The van der Waals surface area contributed by atoms with E-state index >= 15 is 0 Å². The van der Waals surface area contributed by atoms with Gasteiger partial charge in [-0.1, -0.05) is 61.5 Å². The highest BCUT2D eigenvalue weighted by Crippen LogP contribution is 2.47. The number of nitriles is 1. The number of likely N-dealkylation sites (tertiary alicyclic amines) is 1. The first-order valence-electron chi connectivity index (χ1n) is 12.1. The van der Waals surface area contributed by atoms with Crippen LogP contribution in [0.5, 0.6) is 0 Å². The zero-order valence-corrected chi connectivity index (χ0v) is 19.5. The van der Waals surface area contributed by atoms with Crippen molar-refractivity contribution in [2.75, 3.05) is 19.6 Å². The van der Waals surface area contributed by atoms with Gasteiger partial charge in [-0.05, 0) is 61.6 Å². The Bertz CT molecular complexity index is 1010. The Hall–Kier alpha value is -3.13. The van der Waals surface area contributed by atoms with Crippen LogP contribution < -0.4 is 5.32 Å². The molecule has 2 amide bonds. The van der Waals surface area contributed by atoms with Gasteiger partial charge in [-0.2, -0.15) is 5.26 Å². The van der Waals surface area contributed by atoms with Gasteiger partial charge in [0.05, 0.1) is 11.5 Å². The molecule has 1 aliphatic heterocycles. The maximum absolute atomic E-state index is 13.5. The van der Waals surface area contributed by atoms with Crippen molar-refractivity contribution in [2.24, 2.45) is 10.8 Å². The molecule has 0 spiro atoms. The van der Waals surface area contributed by atoms with Crippen LogP contribution in [-0.4, -0.2) is 36.3 Å². The van der Waals surface area contributed by atoms with Crippen LogP contribution in [0.25, 0.3) is 0 Å². The van der Waals surface area contributed by atoms with E-state index in [9.17, 15) is 14.9 Å². The summed E-state index contributed by atoms with van der Waals surface area (Å²) in [6, 6.07) is 20.9. The maximum Gasteiger partial charge on any atom is 0.243 e. The first-order chi connectivity index (χ1) is 16.0. The molecule has 1 aliphatic carbocycles. The quantitative estimate of drug-likeness (QED) is 0.669. The second-order valence-corrected chi connectivity index (χ2v) is 9.60. The van der Waals surface area contributed by atoms with Crippen LogP contribution in [0.15, 0.2) is 54.6 Å². The van der Waals surface area contributed by atoms with E-state index in [0.717, 1.165) is 18.4 Å². The number of nitrogens with one attached hydrogen (secondary N) is 1. The molecule has 4 rings (SSSR count). The molecule has 1 saturated carbocycles. The molecule has 1 heterocycles. The van der Waals surface area contributed by atoms with Crippen molar-refractivity contribution < 1.29 is 9.59 Å². The number of hydrogen-bond acceptors (Lipinski definition) is 3. The summed E-state index contributed by atoms with van der Waals surface area (Å²) in [5.74, 6) is 0.0271. The molecular weight excluding hydrogens is 410 g/mol. The minimum Gasteiger partial charge on any atom is -0.355 e. The monoisotopic (exact) mass is 443 g/mol. The molecule has 2 fully saturated rings. The Morgan fingerprint density at radius 3 is 2.15 bits per heavy atom. The molecule has 0 atom stereocenters. The third-order valence-corrected chi connectivity index (χ3v) is 7.38. The van der Waals surface area contributed by atoms with Crippen LogP contribution >= 0.6 is 0 Å². The molecule has 0 unspecified atom stereocenters. The van der Waals surface area contributed by atoms with Gasteiger partial charge < -0.3 is 10.2 Å². The molecular formula is C28H33N3O2. The van der Waals surface area contributed by atoms with Gasteiger partial charge in [0.25, 0.3) is 0 Å². The minimum absolute atomic E-state index is 0.0470. The molecule has 33 heavy (non-hydrogen) atoms. The molecule has 5 heteroatoms. The summed E-state index contributed by atoms with van der Waals surface area (Å²) in [7, 11) is 0. The first kappa shape index (κ1) is 23.0. The zero-order chi connectivity index (χ0) is 23.3. The number of amides is 2. The molecule has 0 bridgehead atoms. The summed E-state index contributed by atoms with van der Waals surface area (Å²) in [4.78, 5) is 28.1. The van der Waals surface area contributed by atoms with E-state index in [-0.39, 0.29) is 11.8 Å². The minimum atomic E-state index is -0.797. The molecule has 2 aromatic carbocycles. The summed E-state index contributed by atoms with van der Waals surface area (Å²) in [6.45, 7) is 3.80. The Kier molecular flexibility index (Phi) is 6.83. The molecule has 0 aromatic heterocycles. The van der Waals surface area contributed by atoms with Gasteiger partial charge >= 0.3 is 0 Å². The standard InChI is InChI=1S/C28H33N3O2/c1-2-22-8-10-23(11-9-22)12-17-30-25(32)27(20-24-6-4-3-5-7-24)15-18-31(19-16-27)26(33)28(21-29)13-14-28/h3-11H,2,12-20H2,1H3,(H,30,32). The SMILES string of the molecule is CCc1ccc(CCNC(=O)C2(Cc3ccccc3)CCN(C(=O)C3(C#N)CC3)CC2)cc1. The average Bonchev–Trinajstić information content (AvgIpc) is 3.66. The highest BCUT2D eigenvalue weighted by molar-refractivity contribution is 5.89. The van der Waals surface area contributed by atoms with Crippen molar-refractivity contribution in [3.8, 4) is 6.07 Å². The fourth-order valence-electron chi connectivity index (χ4n) is 4.86. The van der Waals surface area contributed by atoms with Gasteiger partial charge in [0, 0.05) is 19.6 Å². The van der Waals surface area contributed by atoms with Crippen LogP contribution in [0, 0.1) is 22.2 Å². The normalized spacial score (nSPS) is 18.2. The van der Waals surface area contributed by atoms with Gasteiger partial charge in [0.2, 0.25) is 11.8 Å². The van der Waals surface area contributed by atoms with Crippen LogP contribution in [-0.2, 0) is 28.9 Å². The third-order valence-electron chi connectivity index (χ3n) is 7.38. The van der Waals surface area contributed by atoms with E-state index in [0.29, 0.717) is 51.7 Å². The summed E-state index contributed by atoms with van der Waals surface area (Å²) >= 11 is 0. The Labute approximate surface area is 196 Å². The van der Waals surface area contributed by atoms with Gasteiger partial charge in [-0.25, -0.2) is 0 Å². The summed E-state index contributed by atoms with van der Waals surface area (Å²) in [5.41, 5.74) is 2.34. The van der Waals surface area contributed by atoms with Gasteiger partial charge in [0.15, 0.2) is 0 Å². The first-order valence-corrected chi connectivity index (χ1v) is 12.1. The molecule has 5 nitrogen and oxygen atoms in total. The zero-order valence-electron chi connectivity index (χ0n) is 19.5. The van der Waals surface area contributed by atoms with Crippen molar-refractivity contribution >= 4 is 11.8 Å². The maximum atomic E-state index is 13.5. The highest BCUT2D eigenvalue weighted by Gasteiger charge is 2.54. The van der Waals surface area contributed by atoms with E-state index in [1.807, 2.05) is 23.1 Å². The predicted molar refractivity (Wildman–Crippen MR) is 128 cm³/mol. The summed E-state index contributed by atoms with van der Waals surface area (Å²) in [5, 5.41) is 12.6. The smallest absolute Gasteiger partial charge is 0.243 e. The molecule has 2 aromatic rings. The third kappa shape index (κ3) is 5.11. The largest absolute Gasteiger partial charge is 0.355 e. The number of rotatable bonds is 8. The summed E-state index contributed by atoms with van der Waals surface area (Å²) in [6.07, 6.45) is 5.04. The number of piperidine rings is 1. The van der Waals surface area contributed by atoms with Crippen molar-refractivity contribution in [1.29, 1.82) is 5.26 Å². The lowest BCUT2D eigenvalue weighted by Gasteiger charge is -2.41. The van der Waals surface area contributed by atoms with Crippen molar-refractivity contribution in [3.63, 3.8) is 0 Å². The number of carbonyl (C=O) groups excluding carboxylic acids is 2. The summed E-state index contributed by atoms with van der Waals surface area (Å²) < 4.78 is 0. The van der Waals surface area contributed by atoms with Crippen molar-refractivity contribution in [2.45, 2.75) is 51.9 Å². The number of benzene rings is 2.